The molecular weight excluding hydrogens is 264 g/mol. The molecule has 116 valence electrons. The molecule has 3 nitrogen and oxygen atoms in total. The van der Waals surface area contributed by atoms with Gasteiger partial charge < -0.3 is 14.2 Å². The minimum atomic E-state index is -0.473. The Morgan fingerprint density at radius 2 is 1.81 bits per heavy atom. The fourth-order valence-corrected chi connectivity index (χ4v) is 2.26. The molecule has 0 N–H and O–H groups in total. The molecule has 0 aromatic heterocycles. The summed E-state index contributed by atoms with van der Waals surface area (Å²) in [6.07, 6.45) is 2.83. The van der Waals surface area contributed by atoms with E-state index in [1.807, 2.05) is 19.9 Å². The predicted molar refractivity (Wildman–Crippen MR) is 84.9 cm³/mol. The van der Waals surface area contributed by atoms with Crippen LogP contribution in [0.4, 0.5) is 0 Å². The highest BCUT2D eigenvalue weighted by atomic mass is 16.7. The van der Waals surface area contributed by atoms with Crippen molar-refractivity contribution in [2.45, 2.75) is 39.6 Å². The van der Waals surface area contributed by atoms with Gasteiger partial charge in [0.2, 0.25) is 0 Å². The SMILES string of the molecule is C=Cc1ccc(COCC2(CC)COC(C)(C)OC2)cc1. The molecule has 0 saturated carbocycles. The minimum absolute atomic E-state index is 0.0312. The van der Waals surface area contributed by atoms with E-state index < -0.39 is 5.79 Å². The van der Waals surface area contributed by atoms with Crippen molar-refractivity contribution >= 4 is 6.08 Å². The molecule has 1 aromatic carbocycles. The lowest BCUT2D eigenvalue weighted by atomic mass is 9.87. The van der Waals surface area contributed by atoms with E-state index >= 15 is 0 Å². The quantitative estimate of drug-likeness (QED) is 0.792. The molecule has 0 unspecified atom stereocenters. The average molecular weight is 290 g/mol. The van der Waals surface area contributed by atoms with Crippen LogP contribution in [0.15, 0.2) is 30.8 Å². The first-order chi connectivity index (χ1) is 9.99. The maximum atomic E-state index is 5.91. The number of hydrogen-bond donors (Lipinski definition) is 0. The van der Waals surface area contributed by atoms with Crippen molar-refractivity contribution < 1.29 is 14.2 Å². The maximum absolute atomic E-state index is 5.91. The summed E-state index contributed by atoms with van der Waals surface area (Å²) < 4.78 is 17.5. The van der Waals surface area contributed by atoms with Crippen LogP contribution in [0, 0.1) is 5.41 Å². The van der Waals surface area contributed by atoms with Crippen molar-refractivity contribution in [2.24, 2.45) is 5.41 Å². The summed E-state index contributed by atoms with van der Waals surface area (Å²) in [5.41, 5.74) is 2.27. The molecule has 2 rings (SSSR count). The Morgan fingerprint density at radius 1 is 1.19 bits per heavy atom. The molecule has 1 aliphatic rings. The van der Waals surface area contributed by atoms with Crippen LogP contribution >= 0.6 is 0 Å². The van der Waals surface area contributed by atoms with E-state index in [2.05, 4.69) is 37.8 Å². The van der Waals surface area contributed by atoms with Gasteiger partial charge in [0, 0.05) is 5.41 Å². The van der Waals surface area contributed by atoms with Gasteiger partial charge in [-0.15, -0.1) is 0 Å². The number of rotatable bonds is 6. The molecule has 21 heavy (non-hydrogen) atoms. The predicted octanol–water partition coefficient (Wildman–Crippen LogP) is 4.03. The molecule has 0 radical (unpaired) electrons. The molecule has 1 fully saturated rings. The van der Waals surface area contributed by atoms with Gasteiger partial charge in [-0.25, -0.2) is 0 Å². The van der Waals surface area contributed by atoms with E-state index in [-0.39, 0.29) is 5.41 Å². The highest BCUT2D eigenvalue weighted by Gasteiger charge is 2.39. The van der Waals surface area contributed by atoms with Gasteiger partial charge in [0.1, 0.15) is 0 Å². The van der Waals surface area contributed by atoms with Crippen LogP contribution in [0.5, 0.6) is 0 Å². The normalized spacial score (nSPS) is 20.1. The zero-order valence-corrected chi connectivity index (χ0v) is 13.4. The summed E-state index contributed by atoms with van der Waals surface area (Å²) in [6, 6.07) is 8.26. The molecule has 1 saturated heterocycles. The van der Waals surface area contributed by atoms with Gasteiger partial charge in [0.15, 0.2) is 5.79 Å². The molecule has 0 amide bonds. The largest absolute Gasteiger partial charge is 0.376 e. The van der Waals surface area contributed by atoms with Crippen LogP contribution in [0.2, 0.25) is 0 Å². The molecule has 1 heterocycles. The molecule has 1 aromatic rings. The third-order valence-corrected chi connectivity index (χ3v) is 4.09. The van der Waals surface area contributed by atoms with Crippen molar-refractivity contribution in [1.29, 1.82) is 0 Å². The first-order valence-corrected chi connectivity index (χ1v) is 7.56. The van der Waals surface area contributed by atoms with E-state index in [9.17, 15) is 0 Å². The van der Waals surface area contributed by atoms with Gasteiger partial charge in [0.05, 0.1) is 26.4 Å². The van der Waals surface area contributed by atoms with E-state index in [0.717, 1.165) is 12.0 Å². The highest BCUT2D eigenvalue weighted by molar-refractivity contribution is 5.47. The average Bonchev–Trinajstić information content (AvgIpc) is 2.50. The zero-order chi connectivity index (χ0) is 15.3. The lowest BCUT2D eigenvalue weighted by Crippen LogP contribution is -2.48. The van der Waals surface area contributed by atoms with Crippen LogP contribution < -0.4 is 0 Å². The van der Waals surface area contributed by atoms with Gasteiger partial charge in [0.25, 0.3) is 0 Å². The van der Waals surface area contributed by atoms with E-state index in [0.29, 0.717) is 26.4 Å². The second kappa shape index (κ2) is 6.73. The van der Waals surface area contributed by atoms with Crippen LogP contribution in [0.3, 0.4) is 0 Å². The van der Waals surface area contributed by atoms with Crippen LogP contribution in [0.1, 0.15) is 38.3 Å². The van der Waals surface area contributed by atoms with Crippen molar-refractivity contribution in [3.05, 3.63) is 42.0 Å². The fourth-order valence-electron chi connectivity index (χ4n) is 2.26. The standard InChI is InChI=1S/C18H26O3/c1-5-15-7-9-16(10-8-15)11-19-12-18(6-2)13-20-17(3,4)21-14-18/h5,7-10H,1,6,11-14H2,2-4H3. The van der Waals surface area contributed by atoms with Gasteiger partial charge in [-0.1, -0.05) is 43.8 Å². The summed E-state index contributed by atoms with van der Waals surface area (Å²) in [5, 5.41) is 0. The summed E-state index contributed by atoms with van der Waals surface area (Å²) in [4.78, 5) is 0. The lowest BCUT2D eigenvalue weighted by Gasteiger charge is -2.42. The van der Waals surface area contributed by atoms with Gasteiger partial charge in [-0.05, 0) is 31.4 Å². The molecule has 3 heteroatoms. The summed E-state index contributed by atoms with van der Waals surface area (Å²) >= 11 is 0. The van der Waals surface area contributed by atoms with Gasteiger partial charge in [-0.2, -0.15) is 0 Å². The van der Waals surface area contributed by atoms with Crippen molar-refractivity contribution in [3.8, 4) is 0 Å². The molecular formula is C18H26O3. The summed E-state index contributed by atoms with van der Waals surface area (Å²) in [7, 11) is 0. The first kappa shape index (κ1) is 16.2. The molecule has 0 spiro atoms. The molecule has 0 atom stereocenters. The second-order valence-electron chi connectivity index (χ2n) is 6.27. The van der Waals surface area contributed by atoms with Crippen LogP contribution in [-0.2, 0) is 20.8 Å². The lowest BCUT2D eigenvalue weighted by molar-refractivity contribution is -0.292. The van der Waals surface area contributed by atoms with E-state index in [1.165, 1.54) is 5.56 Å². The van der Waals surface area contributed by atoms with Crippen molar-refractivity contribution in [2.75, 3.05) is 19.8 Å². The number of ether oxygens (including phenoxy) is 3. The van der Waals surface area contributed by atoms with E-state index in [1.54, 1.807) is 0 Å². The Labute approximate surface area is 127 Å². The van der Waals surface area contributed by atoms with Crippen molar-refractivity contribution in [3.63, 3.8) is 0 Å². The zero-order valence-electron chi connectivity index (χ0n) is 13.4. The number of benzene rings is 1. The number of hydrogen-bond acceptors (Lipinski definition) is 3. The van der Waals surface area contributed by atoms with E-state index in [4.69, 9.17) is 14.2 Å². The maximum Gasteiger partial charge on any atom is 0.162 e. The topological polar surface area (TPSA) is 27.7 Å². The first-order valence-electron chi connectivity index (χ1n) is 7.56. The molecule has 0 aliphatic carbocycles. The van der Waals surface area contributed by atoms with Gasteiger partial charge in [-0.3, -0.25) is 0 Å². The fraction of sp³-hybridized carbons (Fsp3) is 0.556. The molecule has 0 bridgehead atoms. The Hall–Kier alpha value is -1.16. The Balaban J connectivity index is 1.84. The Kier molecular flexibility index (Phi) is 5.20. The van der Waals surface area contributed by atoms with Gasteiger partial charge >= 0.3 is 0 Å². The van der Waals surface area contributed by atoms with Crippen molar-refractivity contribution in [1.82, 2.24) is 0 Å². The Bertz CT molecular complexity index is 452. The van der Waals surface area contributed by atoms with Crippen LogP contribution in [0.25, 0.3) is 6.08 Å². The third kappa shape index (κ3) is 4.40. The Morgan fingerprint density at radius 3 is 2.33 bits per heavy atom. The minimum Gasteiger partial charge on any atom is -0.376 e. The summed E-state index contributed by atoms with van der Waals surface area (Å²) in [5.74, 6) is -0.473. The molecule has 1 aliphatic heterocycles. The monoisotopic (exact) mass is 290 g/mol. The van der Waals surface area contributed by atoms with Crippen LogP contribution in [-0.4, -0.2) is 25.6 Å². The third-order valence-electron chi connectivity index (χ3n) is 4.09. The second-order valence-corrected chi connectivity index (χ2v) is 6.27. The highest BCUT2D eigenvalue weighted by Crippen LogP contribution is 2.33. The smallest absolute Gasteiger partial charge is 0.162 e. The summed E-state index contributed by atoms with van der Waals surface area (Å²) in [6.45, 7) is 12.5.